The van der Waals surface area contributed by atoms with Gasteiger partial charge in [-0.1, -0.05) is 13.8 Å². The lowest BCUT2D eigenvalue weighted by Gasteiger charge is -2.35. The van der Waals surface area contributed by atoms with Gasteiger partial charge in [0, 0.05) is 25.6 Å². The van der Waals surface area contributed by atoms with Gasteiger partial charge in [-0.15, -0.1) is 0 Å². The first-order valence-electron chi connectivity index (χ1n) is 12.6. The van der Waals surface area contributed by atoms with Crippen LogP contribution in [-0.2, 0) is 19.1 Å². The van der Waals surface area contributed by atoms with Gasteiger partial charge in [0.05, 0.1) is 5.92 Å². The number of alkyl carbamates (subject to hydrolysis) is 1. The van der Waals surface area contributed by atoms with E-state index in [4.69, 9.17) is 9.84 Å². The van der Waals surface area contributed by atoms with Gasteiger partial charge in [0.15, 0.2) is 0 Å². The van der Waals surface area contributed by atoms with E-state index >= 15 is 0 Å². The van der Waals surface area contributed by atoms with Crippen LogP contribution in [0.3, 0.4) is 0 Å². The summed E-state index contributed by atoms with van der Waals surface area (Å²) in [6.45, 7) is 10.9. The van der Waals surface area contributed by atoms with Gasteiger partial charge in [0.2, 0.25) is 11.8 Å². The highest BCUT2D eigenvalue weighted by Gasteiger charge is 2.33. The average molecular weight is 482 g/mol. The Balaban J connectivity index is 1.80. The zero-order valence-corrected chi connectivity index (χ0v) is 21.4. The molecule has 3 N–H and O–H groups in total. The van der Waals surface area contributed by atoms with Crippen molar-refractivity contribution in [3.8, 4) is 0 Å². The van der Waals surface area contributed by atoms with Crippen LogP contribution in [0.2, 0.25) is 0 Å². The van der Waals surface area contributed by atoms with E-state index in [1.165, 1.54) is 0 Å². The molecule has 3 amide bonds. The topological polar surface area (TPSA) is 125 Å². The summed E-state index contributed by atoms with van der Waals surface area (Å²) < 4.78 is 5.33. The van der Waals surface area contributed by atoms with Crippen molar-refractivity contribution in [1.82, 2.24) is 15.5 Å². The number of ether oxygens (including phenoxy) is 1. The molecule has 0 aromatic carbocycles. The molecule has 2 aliphatic rings. The van der Waals surface area contributed by atoms with Gasteiger partial charge in [-0.2, -0.15) is 0 Å². The number of likely N-dealkylation sites (tertiary alicyclic amines) is 1. The highest BCUT2D eigenvalue weighted by Crippen LogP contribution is 2.28. The number of rotatable bonds is 8. The van der Waals surface area contributed by atoms with Crippen molar-refractivity contribution in [3.63, 3.8) is 0 Å². The quantitative estimate of drug-likeness (QED) is 0.489. The molecule has 1 atom stereocenters. The van der Waals surface area contributed by atoms with E-state index in [9.17, 15) is 19.2 Å². The van der Waals surface area contributed by atoms with Gasteiger partial charge >= 0.3 is 12.1 Å². The second kappa shape index (κ2) is 12.4. The van der Waals surface area contributed by atoms with Crippen LogP contribution in [0.5, 0.6) is 0 Å². The van der Waals surface area contributed by atoms with Crippen LogP contribution >= 0.6 is 0 Å². The van der Waals surface area contributed by atoms with Crippen LogP contribution in [0.15, 0.2) is 0 Å². The molecule has 0 bridgehead atoms. The van der Waals surface area contributed by atoms with Crippen LogP contribution < -0.4 is 10.6 Å². The number of carboxylic acids is 1. The van der Waals surface area contributed by atoms with Gasteiger partial charge in [0.25, 0.3) is 0 Å². The van der Waals surface area contributed by atoms with Crippen LogP contribution in [0.25, 0.3) is 0 Å². The van der Waals surface area contributed by atoms with Crippen molar-refractivity contribution >= 4 is 23.9 Å². The number of hydrogen-bond acceptors (Lipinski definition) is 5. The van der Waals surface area contributed by atoms with E-state index in [0.29, 0.717) is 57.7 Å². The fourth-order valence-corrected chi connectivity index (χ4v) is 4.73. The van der Waals surface area contributed by atoms with Crippen LogP contribution in [-0.4, -0.2) is 65.2 Å². The number of piperidine rings is 1. The molecule has 0 aromatic rings. The summed E-state index contributed by atoms with van der Waals surface area (Å²) in [4.78, 5) is 50.9. The maximum atomic E-state index is 13.1. The first-order valence-corrected chi connectivity index (χ1v) is 12.6. The van der Waals surface area contributed by atoms with E-state index in [1.54, 1.807) is 25.7 Å². The zero-order chi connectivity index (χ0) is 25.5. The molecule has 0 aromatic heterocycles. The molecule has 194 valence electrons. The minimum atomic E-state index is -0.722. The van der Waals surface area contributed by atoms with Gasteiger partial charge < -0.3 is 25.4 Å². The normalized spacial score (nSPS) is 22.7. The van der Waals surface area contributed by atoms with Gasteiger partial charge in [-0.05, 0) is 77.6 Å². The van der Waals surface area contributed by atoms with E-state index in [1.807, 2.05) is 13.8 Å². The summed E-state index contributed by atoms with van der Waals surface area (Å²) in [7, 11) is 0. The molecule has 9 heteroatoms. The van der Waals surface area contributed by atoms with Crippen LogP contribution in [0.1, 0.15) is 79.6 Å². The number of carbonyl (C=O) groups excluding carboxylic acids is 3. The Bertz CT molecular complexity index is 717. The highest BCUT2D eigenvalue weighted by molar-refractivity contribution is 5.86. The minimum absolute atomic E-state index is 0.0121. The molecule has 0 radical (unpaired) electrons. The first-order chi connectivity index (χ1) is 15.9. The fourth-order valence-electron chi connectivity index (χ4n) is 4.73. The van der Waals surface area contributed by atoms with Crippen molar-refractivity contribution in [2.45, 2.75) is 91.2 Å². The summed E-state index contributed by atoms with van der Waals surface area (Å²) in [5.74, 6) is -0.679. The summed E-state index contributed by atoms with van der Waals surface area (Å²) in [6.07, 6.45) is 4.09. The van der Waals surface area contributed by atoms with Crippen molar-refractivity contribution < 1.29 is 29.0 Å². The summed E-state index contributed by atoms with van der Waals surface area (Å²) >= 11 is 0. The molecular formula is C25H43N3O6. The molecule has 1 heterocycles. The average Bonchev–Trinajstić information content (AvgIpc) is 2.75. The SMILES string of the molecule is CC(C)CC(NC(=O)OC(C)(C)C)C(=O)N1CCC(C(=O)NCC2CCC(C(=O)O)CC2)CC1. The lowest BCUT2D eigenvalue weighted by atomic mass is 9.82. The van der Waals surface area contributed by atoms with E-state index < -0.39 is 23.7 Å². The Morgan fingerprint density at radius 2 is 1.56 bits per heavy atom. The molecule has 34 heavy (non-hydrogen) atoms. The number of carboxylic acid groups (broad SMARTS) is 1. The van der Waals surface area contributed by atoms with Gasteiger partial charge in [0.1, 0.15) is 11.6 Å². The Hall–Kier alpha value is -2.32. The molecule has 1 aliphatic heterocycles. The van der Waals surface area contributed by atoms with E-state index in [0.717, 1.165) is 12.8 Å². The number of amides is 3. The smallest absolute Gasteiger partial charge is 0.408 e. The van der Waals surface area contributed by atoms with Crippen molar-refractivity contribution in [2.75, 3.05) is 19.6 Å². The van der Waals surface area contributed by atoms with Crippen molar-refractivity contribution in [2.24, 2.45) is 23.7 Å². The second-order valence-corrected chi connectivity index (χ2v) is 11.2. The predicted molar refractivity (Wildman–Crippen MR) is 128 cm³/mol. The lowest BCUT2D eigenvalue weighted by molar-refractivity contribution is -0.143. The Kier molecular flexibility index (Phi) is 10.2. The van der Waals surface area contributed by atoms with E-state index in [-0.39, 0.29) is 29.6 Å². The standard InChI is InChI=1S/C25H43N3O6/c1-16(2)14-20(27-24(33)34-25(3,4)5)22(30)28-12-10-18(11-13-28)21(29)26-15-17-6-8-19(9-7-17)23(31)32/h16-20H,6-15H2,1-5H3,(H,26,29)(H,27,33)(H,31,32). The number of nitrogens with zero attached hydrogens (tertiary/aromatic N) is 1. The summed E-state index contributed by atoms with van der Waals surface area (Å²) in [6, 6.07) is -0.652. The molecule has 9 nitrogen and oxygen atoms in total. The number of hydrogen-bond donors (Lipinski definition) is 3. The maximum absolute atomic E-state index is 13.1. The molecule has 0 spiro atoms. The Morgan fingerprint density at radius 3 is 2.06 bits per heavy atom. The van der Waals surface area contributed by atoms with Gasteiger partial charge in [-0.25, -0.2) is 4.79 Å². The highest BCUT2D eigenvalue weighted by atomic mass is 16.6. The van der Waals surface area contributed by atoms with E-state index in [2.05, 4.69) is 10.6 Å². The molecule has 2 fully saturated rings. The molecule has 1 saturated carbocycles. The molecule has 1 aliphatic carbocycles. The summed E-state index contributed by atoms with van der Waals surface area (Å²) in [5.41, 5.74) is -0.642. The van der Waals surface area contributed by atoms with Gasteiger partial charge in [-0.3, -0.25) is 14.4 Å². The Morgan fingerprint density at radius 1 is 0.971 bits per heavy atom. The van der Waals surface area contributed by atoms with Crippen LogP contribution in [0.4, 0.5) is 4.79 Å². The molecule has 2 rings (SSSR count). The first kappa shape index (κ1) is 27.9. The monoisotopic (exact) mass is 481 g/mol. The summed E-state index contributed by atoms with van der Waals surface area (Å²) in [5, 5.41) is 14.9. The minimum Gasteiger partial charge on any atom is -0.481 e. The molecule has 1 unspecified atom stereocenters. The second-order valence-electron chi connectivity index (χ2n) is 11.2. The Labute approximate surface area is 203 Å². The largest absolute Gasteiger partial charge is 0.481 e. The fraction of sp³-hybridized carbons (Fsp3) is 0.840. The lowest BCUT2D eigenvalue weighted by Crippen LogP contribution is -2.52. The predicted octanol–water partition coefficient (Wildman–Crippen LogP) is 3.17. The number of carbonyl (C=O) groups is 4. The third-order valence-electron chi connectivity index (χ3n) is 6.63. The van der Waals surface area contributed by atoms with Crippen molar-refractivity contribution in [3.05, 3.63) is 0 Å². The maximum Gasteiger partial charge on any atom is 0.408 e. The number of nitrogens with one attached hydrogen (secondary N) is 2. The molecular weight excluding hydrogens is 438 g/mol. The van der Waals surface area contributed by atoms with Crippen molar-refractivity contribution in [1.29, 1.82) is 0 Å². The third kappa shape index (κ3) is 9.14. The van der Waals surface area contributed by atoms with Crippen LogP contribution in [0, 0.1) is 23.7 Å². The zero-order valence-electron chi connectivity index (χ0n) is 21.4. The third-order valence-corrected chi connectivity index (χ3v) is 6.63. The molecule has 1 saturated heterocycles. The number of aliphatic carboxylic acids is 1.